The normalized spacial score (nSPS) is 57.0. The van der Waals surface area contributed by atoms with E-state index in [0.717, 1.165) is 42.9 Å². The average Bonchev–Trinajstić information content (AvgIpc) is 3.20. The Morgan fingerprint density at radius 3 is 2.70 bits per heavy atom. The summed E-state index contributed by atoms with van der Waals surface area (Å²) in [5, 5.41) is 0. The SMILES string of the molecule is CC(=O)[C@@]12C[C@@H]1C[C@H]1[C@@H]3CC[C@@H]4CC(=O)CC[C@@H]4[C@H]3CC[C@@]12C. The molecule has 0 heterocycles. The van der Waals surface area contributed by atoms with Gasteiger partial charge in [0, 0.05) is 18.3 Å². The second kappa shape index (κ2) is 4.49. The fraction of sp³-hybridized carbons (Fsp3) is 0.905. The second-order valence-electron chi connectivity index (χ2n) is 9.84. The number of Topliss-reactive ketones (excluding diaryl/α,β-unsaturated/α-hetero) is 2. The van der Waals surface area contributed by atoms with E-state index in [0.29, 0.717) is 28.8 Å². The number of carbonyl (C=O) groups excluding carboxylic acids is 2. The number of ketones is 2. The van der Waals surface area contributed by atoms with Crippen LogP contribution in [-0.4, -0.2) is 11.6 Å². The molecule has 0 aliphatic heterocycles. The summed E-state index contributed by atoms with van der Waals surface area (Å²) < 4.78 is 0. The lowest BCUT2D eigenvalue weighted by molar-refractivity contribution is -0.136. The number of hydrogen-bond acceptors (Lipinski definition) is 2. The number of carbonyl (C=O) groups is 2. The van der Waals surface area contributed by atoms with Gasteiger partial charge in [0.1, 0.15) is 11.6 Å². The van der Waals surface area contributed by atoms with Gasteiger partial charge in [0.05, 0.1) is 0 Å². The van der Waals surface area contributed by atoms with E-state index in [4.69, 9.17) is 0 Å². The van der Waals surface area contributed by atoms with Crippen molar-refractivity contribution >= 4 is 11.6 Å². The third kappa shape index (κ3) is 1.66. The lowest BCUT2D eigenvalue weighted by atomic mass is 9.48. The molecule has 5 aliphatic rings. The van der Waals surface area contributed by atoms with Crippen molar-refractivity contribution in [1.29, 1.82) is 0 Å². The van der Waals surface area contributed by atoms with Gasteiger partial charge in [0.2, 0.25) is 0 Å². The largest absolute Gasteiger partial charge is 0.300 e. The first kappa shape index (κ1) is 14.7. The molecule has 0 aromatic carbocycles. The van der Waals surface area contributed by atoms with Crippen molar-refractivity contribution < 1.29 is 9.59 Å². The lowest BCUT2D eigenvalue weighted by Gasteiger charge is -2.56. The maximum atomic E-state index is 12.5. The summed E-state index contributed by atoms with van der Waals surface area (Å²) in [5.41, 5.74) is 0.365. The van der Waals surface area contributed by atoms with Crippen molar-refractivity contribution in [2.24, 2.45) is 46.3 Å². The van der Waals surface area contributed by atoms with Gasteiger partial charge in [-0.05, 0) is 92.8 Å². The maximum absolute atomic E-state index is 12.5. The molecule has 126 valence electrons. The Morgan fingerprint density at radius 2 is 1.91 bits per heavy atom. The summed E-state index contributed by atoms with van der Waals surface area (Å²) in [6.45, 7) is 4.34. The van der Waals surface area contributed by atoms with Crippen LogP contribution in [0.5, 0.6) is 0 Å². The molecule has 8 atom stereocenters. The number of hydrogen-bond donors (Lipinski definition) is 0. The predicted molar refractivity (Wildman–Crippen MR) is 88.7 cm³/mol. The highest BCUT2D eigenvalue weighted by Crippen LogP contribution is 2.79. The quantitative estimate of drug-likeness (QED) is 0.718. The Balaban J connectivity index is 1.44. The summed E-state index contributed by atoms with van der Waals surface area (Å²) in [6, 6.07) is 0. The fourth-order valence-electron chi connectivity index (χ4n) is 8.42. The molecule has 0 aromatic heterocycles. The van der Waals surface area contributed by atoms with Crippen molar-refractivity contribution in [3.05, 3.63) is 0 Å². The van der Waals surface area contributed by atoms with Crippen LogP contribution in [0.4, 0.5) is 0 Å². The van der Waals surface area contributed by atoms with E-state index in [9.17, 15) is 9.59 Å². The standard InChI is InChI=1S/C21H30O2/c1-12(22)21-11-14(21)10-19-18-5-3-13-9-15(23)4-6-16(13)17(18)7-8-20(19,21)2/h13-14,16-19H,3-11H2,1-2H3/t13-,14+,16+,17-,18-,19+,20+,21+/m1/s1. The molecule has 5 saturated carbocycles. The molecule has 0 bridgehead atoms. The van der Waals surface area contributed by atoms with Crippen LogP contribution in [0.2, 0.25) is 0 Å². The summed E-state index contributed by atoms with van der Waals surface area (Å²) in [4.78, 5) is 24.3. The summed E-state index contributed by atoms with van der Waals surface area (Å²) in [6.07, 6.45) is 10.6. The van der Waals surface area contributed by atoms with Crippen LogP contribution in [0.25, 0.3) is 0 Å². The van der Waals surface area contributed by atoms with Crippen molar-refractivity contribution in [1.82, 2.24) is 0 Å². The Kier molecular flexibility index (Phi) is 2.86. The molecule has 5 fully saturated rings. The van der Waals surface area contributed by atoms with Crippen LogP contribution < -0.4 is 0 Å². The Bertz CT molecular complexity index is 580. The van der Waals surface area contributed by atoms with Gasteiger partial charge >= 0.3 is 0 Å². The van der Waals surface area contributed by atoms with Crippen LogP contribution in [0.1, 0.15) is 71.6 Å². The summed E-state index contributed by atoms with van der Waals surface area (Å²) in [5.74, 6) is 5.74. The molecular weight excluding hydrogens is 284 g/mol. The van der Waals surface area contributed by atoms with Gasteiger partial charge in [0.15, 0.2) is 0 Å². The molecule has 0 amide bonds. The van der Waals surface area contributed by atoms with Gasteiger partial charge in [0.25, 0.3) is 0 Å². The minimum Gasteiger partial charge on any atom is -0.300 e. The Hall–Kier alpha value is -0.660. The van der Waals surface area contributed by atoms with Gasteiger partial charge in [-0.25, -0.2) is 0 Å². The zero-order chi connectivity index (χ0) is 16.0. The zero-order valence-corrected chi connectivity index (χ0v) is 14.6. The topological polar surface area (TPSA) is 34.1 Å². The third-order valence-electron chi connectivity index (χ3n) is 9.45. The molecule has 0 spiro atoms. The maximum Gasteiger partial charge on any atom is 0.136 e. The summed E-state index contributed by atoms with van der Waals surface area (Å²) >= 11 is 0. The summed E-state index contributed by atoms with van der Waals surface area (Å²) in [7, 11) is 0. The molecule has 0 saturated heterocycles. The minimum absolute atomic E-state index is 0.0714. The van der Waals surface area contributed by atoms with Crippen LogP contribution >= 0.6 is 0 Å². The van der Waals surface area contributed by atoms with E-state index in [-0.39, 0.29) is 5.41 Å². The van der Waals surface area contributed by atoms with Gasteiger partial charge in [-0.1, -0.05) is 6.92 Å². The highest BCUT2D eigenvalue weighted by Gasteiger charge is 2.76. The first-order valence-corrected chi connectivity index (χ1v) is 10.00. The van der Waals surface area contributed by atoms with Gasteiger partial charge in [-0.3, -0.25) is 9.59 Å². The monoisotopic (exact) mass is 314 g/mol. The highest BCUT2D eigenvalue weighted by molar-refractivity contribution is 5.87. The van der Waals surface area contributed by atoms with Gasteiger partial charge < -0.3 is 0 Å². The molecule has 5 aliphatic carbocycles. The smallest absolute Gasteiger partial charge is 0.136 e. The van der Waals surface area contributed by atoms with Crippen LogP contribution in [0.3, 0.4) is 0 Å². The third-order valence-corrected chi connectivity index (χ3v) is 9.45. The van der Waals surface area contributed by atoms with Crippen molar-refractivity contribution in [3.8, 4) is 0 Å². The molecule has 0 aromatic rings. The van der Waals surface area contributed by atoms with Crippen LogP contribution in [0.15, 0.2) is 0 Å². The van der Waals surface area contributed by atoms with E-state index in [1.165, 1.54) is 38.5 Å². The van der Waals surface area contributed by atoms with Gasteiger partial charge in [-0.15, -0.1) is 0 Å². The highest BCUT2D eigenvalue weighted by atomic mass is 16.1. The van der Waals surface area contributed by atoms with Crippen LogP contribution in [-0.2, 0) is 9.59 Å². The second-order valence-corrected chi connectivity index (χ2v) is 9.84. The Labute approximate surface area is 139 Å². The molecule has 0 unspecified atom stereocenters. The average molecular weight is 314 g/mol. The molecule has 2 heteroatoms. The van der Waals surface area contributed by atoms with Crippen molar-refractivity contribution in [2.45, 2.75) is 71.6 Å². The van der Waals surface area contributed by atoms with E-state index in [2.05, 4.69) is 6.92 Å². The van der Waals surface area contributed by atoms with Gasteiger partial charge in [-0.2, -0.15) is 0 Å². The molecule has 0 N–H and O–H groups in total. The first-order valence-electron chi connectivity index (χ1n) is 10.00. The van der Waals surface area contributed by atoms with E-state index in [1.807, 2.05) is 6.92 Å². The molecule has 2 nitrogen and oxygen atoms in total. The van der Waals surface area contributed by atoms with Crippen molar-refractivity contribution in [3.63, 3.8) is 0 Å². The van der Waals surface area contributed by atoms with E-state index in [1.54, 1.807) is 0 Å². The molecular formula is C21H30O2. The molecule has 5 rings (SSSR count). The fourth-order valence-corrected chi connectivity index (χ4v) is 8.42. The predicted octanol–water partition coefficient (Wildman–Crippen LogP) is 4.41. The molecule has 0 radical (unpaired) electrons. The van der Waals surface area contributed by atoms with Crippen LogP contribution in [0, 0.1) is 46.3 Å². The van der Waals surface area contributed by atoms with E-state index >= 15 is 0 Å². The first-order chi connectivity index (χ1) is 11.0. The Morgan fingerprint density at radius 1 is 1.09 bits per heavy atom. The minimum atomic E-state index is 0.0714. The zero-order valence-electron chi connectivity index (χ0n) is 14.6. The number of fused-ring (bicyclic) bond motifs is 7. The lowest BCUT2D eigenvalue weighted by Crippen LogP contribution is -2.51. The molecule has 23 heavy (non-hydrogen) atoms. The number of rotatable bonds is 1. The van der Waals surface area contributed by atoms with E-state index < -0.39 is 0 Å². The van der Waals surface area contributed by atoms with Crippen molar-refractivity contribution in [2.75, 3.05) is 0 Å².